The molecule has 0 aliphatic heterocycles. The molecule has 1 fully saturated rings. The largest absolute Gasteiger partial charge is 0.481 e. The van der Waals surface area contributed by atoms with Gasteiger partial charge in [-0.1, -0.05) is 31.0 Å². The van der Waals surface area contributed by atoms with Gasteiger partial charge in [-0.05, 0) is 31.4 Å². The van der Waals surface area contributed by atoms with Crippen LogP contribution in [0.5, 0.6) is 0 Å². The summed E-state index contributed by atoms with van der Waals surface area (Å²) in [6, 6.07) is 7.53. The Morgan fingerprint density at radius 2 is 1.79 bits per heavy atom. The van der Waals surface area contributed by atoms with Crippen molar-refractivity contribution in [2.75, 3.05) is 5.32 Å². The summed E-state index contributed by atoms with van der Waals surface area (Å²) in [5.41, 5.74) is 1.75. The lowest BCUT2D eigenvalue weighted by Gasteiger charge is -2.27. The quantitative estimate of drug-likeness (QED) is 0.879. The van der Waals surface area contributed by atoms with Crippen molar-refractivity contribution in [2.24, 2.45) is 11.8 Å². The van der Waals surface area contributed by atoms with Crippen LogP contribution in [0.25, 0.3) is 0 Å². The van der Waals surface area contributed by atoms with Crippen LogP contribution in [0.2, 0.25) is 0 Å². The van der Waals surface area contributed by atoms with Crippen molar-refractivity contribution in [3.05, 3.63) is 29.8 Å². The molecule has 0 saturated heterocycles. The van der Waals surface area contributed by atoms with Crippen molar-refractivity contribution >= 4 is 17.6 Å². The van der Waals surface area contributed by atoms with Gasteiger partial charge in [0.2, 0.25) is 5.91 Å². The minimum absolute atomic E-state index is 0.165. The number of carboxylic acids is 1. The molecule has 2 N–H and O–H groups in total. The molecule has 19 heavy (non-hydrogen) atoms. The third-order valence-corrected chi connectivity index (χ3v) is 3.82. The summed E-state index contributed by atoms with van der Waals surface area (Å²) in [5.74, 6) is -1.98. The van der Waals surface area contributed by atoms with E-state index in [1.165, 1.54) is 0 Å². The fourth-order valence-corrected chi connectivity index (χ4v) is 2.68. The second-order valence-electron chi connectivity index (χ2n) is 5.14. The third kappa shape index (κ3) is 3.13. The molecule has 1 aromatic carbocycles. The van der Waals surface area contributed by atoms with Gasteiger partial charge in [0, 0.05) is 5.69 Å². The maximum absolute atomic E-state index is 12.3. The number of carbonyl (C=O) groups is 2. The summed E-state index contributed by atoms with van der Waals surface area (Å²) >= 11 is 0. The van der Waals surface area contributed by atoms with Crippen LogP contribution in [0.1, 0.15) is 31.2 Å². The number of hydrogen-bond donors (Lipinski definition) is 2. The highest BCUT2D eigenvalue weighted by Gasteiger charge is 2.35. The molecule has 0 aromatic heterocycles. The Hall–Kier alpha value is -1.84. The summed E-state index contributed by atoms with van der Waals surface area (Å²) < 4.78 is 0. The van der Waals surface area contributed by atoms with Crippen LogP contribution in [0.15, 0.2) is 24.3 Å². The van der Waals surface area contributed by atoms with Crippen LogP contribution in [0.3, 0.4) is 0 Å². The molecule has 0 spiro atoms. The summed E-state index contributed by atoms with van der Waals surface area (Å²) in [5, 5.41) is 12.1. The lowest BCUT2D eigenvalue weighted by molar-refractivity contribution is -0.147. The SMILES string of the molecule is Cc1ccccc1NC(=O)[C@@H]1CCCC[C@@H]1C(=O)O. The van der Waals surface area contributed by atoms with Gasteiger partial charge in [0.05, 0.1) is 11.8 Å². The smallest absolute Gasteiger partial charge is 0.307 e. The summed E-state index contributed by atoms with van der Waals surface area (Å²) in [6.45, 7) is 1.92. The molecule has 2 atom stereocenters. The molecule has 1 saturated carbocycles. The number of benzene rings is 1. The Morgan fingerprint density at radius 3 is 2.42 bits per heavy atom. The molecule has 0 heterocycles. The minimum Gasteiger partial charge on any atom is -0.481 e. The van der Waals surface area contributed by atoms with Gasteiger partial charge in [-0.2, -0.15) is 0 Å². The van der Waals surface area contributed by atoms with Gasteiger partial charge in [-0.15, -0.1) is 0 Å². The molecule has 1 aromatic rings. The van der Waals surface area contributed by atoms with E-state index in [-0.39, 0.29) is 5.91 Å². The molecule has 1 aliphatic rings. The molecule has 4 heteroatoms. The van der Waals surface area contributed by atoms with E-state index in [0.29, 0.717) is 12.8 Å². The first-order valence-corrected chi connectivity index (χ1v) is 6.69. The fourth-order valence-electron chi connectivity index (χ4n) is 2.68. The lowest BCUT2D eigenvalue weighted by atomic mass is 9.78. The highest BCUT2D eigenvalue weighted by atomic mass is 16.4. The van der Waals surface area contributed by atoms with E-state index in [9.17, 15) is 14.7 Å². The molecule has 0 radical (unpaired) electrons. The van der Waals surface area contributed by atoms with Gasteiger partial charge in [0.1, 0.15) is 0 Å². The first kappa shape index (κ1) is 13.6. The van der Waals surface area contributed by atoms with Gasteiger partial charge >= 0.3 is 5.97 Å². The molecule has 0 unspecified atom stereocenters. The van der Waals surface area contributed by atoms with E-state index in [4.69, 9.17) is 0 Å². The maximum atomic E-state index is 12.3. The van der Waals surface area contributed by atoms with Gasteiger partial charge in [-0.3, -0.25) is 9.59 Å². The zero-order chi connectivity index (χ0) is 13.8. The molecular weight excluding hydrogens is 242 g/mol. The normalized spacial score (nSPS) is 22.8. The van der Waals surface area contributed by atoms with E-state index in [1.54, 1.807) is 0 Å². The first-order valence-electron chi connectivity index (χ1n) is 6.69. The standard InChI is InChI=1S/C15H19NO3/c1-10-6-2-5-9-13(10)16-14(17)11-7-3-4-8-12(11)15(18)19/h2,5-6,9,11-12H,3-4,7-8H2,1H3,(H,16,17)(H,18,19)/t11-,12+/m1/s1. The van der Waals surface area contributed by atoms with Gasteiger partial charge in [-0.25, -0.2) is 0 Å². The van der Waals surface area contributed by atoms with E-state index in [1.807, 2.05) is 31.2 Å². The van der Waals surface area contributed by atoms with Crippen LogP contribution in [0.4, 0.5) is 5.69 Å². The number of carbonyl (C=O) groups excluding carboxylic acids is 1. The second kappa shape index (κ2) is 5.87. The van der Waals surface area contributed by atoms with Crippen molar-refractivity contribution in [3.63, 3.8) is 0 Å². The predicted octanol–water partition coefficient (Wildman–Crippen LogP) is 2.82. The molecule has 1 amide bonds. The van der Waals surface area contributed by atoms with Crippen LogP contribution in [-0.4, -0.2) is 17.0 Å². The van der Waals surface area contributed by atoms with E-state index in [2.05, 4.69) is 5.32 Å². The number of para-hydroxylation sites is 1. The van der Waals surface area contributed by atoms with Crippen LogP contribution >= 0.6 is 0 Å². The van der Waals surface area contributed by atoms with Crippen molar-refractivity contribution in [1.82, 2.24) is 0 Å². The Morgan fingerprint density at radius 1 is 1.16 bits per heavy atom. The molecule has 102 valence electrons. The number of nitrogens with one attached hydrogen (secondary N) is 1. The summed E-state index contributed by atoms with van der Waals surface area (Å²) in [4.78, 5) is 23.5. The van der Waals surface area contributed by atoms with Crippen molar-refractivity contribution < 1.29 is 14.7 Å². The van der Waals surface area contributed by atoms with E-state index in [0.717, 1.165) is 24.1 Å². The molecular formula is C15H19NO3. The first-order chi connectivity index (χ1) is 9.09. The number of aliphatic carboxylic acids is 1. The Labute approximate surface area is 112 Å². The van der Waals surface area contributed by atoms with Gasteiger partial charge in [0.15, 0.2) is 0 Å². The summed E-state index contributed by atoms with van der Waals surface area (Å²) in [6.07, 6.45) is 3.08. The average molecular weight is 261 g/mol. The second-order valence-corrected chi connectivity index (χ2v) is 5.14. The molecule has 2 rings (SSSR count). The van der Waals surface area contributed by atoms with Crippen LogP contribution in [-0.2, 0) is 9.59 Å². The lowest BCUT2D eigenvalue weighted by Crippen LogP contribution is -2.36. The molecule has 1 aliphatic carbocycles. The maximum Gasteiger partial charge on any atom is 0.307 e. The Balaban J connectivity index is 2.10. The number of rotatable bonds is 3. The highest BCUT2D eigenvalue weighted by Crippen LogP contribution is 2.31. The average Bonchev–Trinajstić information content (AvgIpc) is 2.41. The monoisotopic (exact) mass is 261 g/mol. The summed E-state index contributed by atoms with van der Waals surface area (Å²) in [7, 11) is 0. The van der Waals surface area contributed by atoms with Crippen molar-refractivity contribution in [2.45, 2.75) is 32.6 Å². The van der Waals surface area contributed by atoms with Crippen molar-refractivity contribution in [1.29, 1.82) is 0 Å². The van der Waals surface area contributed by atoms with E-state index >= 15 is 0 Å². The zero-order valence-electron chi connectivity index (χ0n) is 11.1. The van der Waals surface area contributed by atoms with Crippen LogP contribution in [0, 0.1) is 18.8 Å². The predicted molar refractivity (Wildman–Crippen MR) is 72.9 cm³/mol. The zero-order valence-corrected chi connectivity index (χ0v) is 11.1. The van der Waals surface area contributed by atoms with Gasteiger partial charge < -0.3 is 10.4 Å². The van der Waals surface area contributed by atoms with Gasteiger partial charge in [0.25, 0.3) is 0 Å². The number of aryl methyl sites for hydroxylation is 1. The van der Waals surface area contributed by atoms with E-state index < -0.39 is 17.8 Å². The third-order valence-electron chi connectivity index (χ3n) is 3.82. The topological polar surface area (TPSA) is 66.4 Å². The van der Waals surface area contributed by atoms with Crippen LogP contribution < -0.4 is 5.32 Å². The molecule has 4 nitrogen and oxygen atoms in total. The van der Waals surface area contributed by atoms with Crippen molar-refractivity contribution in [3.8, 4) is 0 Å². The number of anilines is 1. The number of amides is 1. The number of hydrogen-bond acceptors (Lipinski definition) is 2. The Kier molecular flexibility index (Phi) is 4.20. The minimum atomic E-state index is -0.857. The Bertz CT molecular complexity index is 484. The molecule has 0 bridgehead atoms. The highest BCUT2D eigenvalue weighted by molar-refractivity contribution is 5.95. The fraction of sp³-hybridized carbons (Fsp3) is 0.467. The number of carboxylic acid groups (broad SMARTS) is 1.